The molecule has 1 N–H and O–H groups in total. The Labute approximate surface area is 166 Å². The van der Waals surface area contributed by atoms with Gasteiger partial charge in [-0.15, -0.1) is 0 Å². The first kappa shape index (κ1) is 18.7. The molecule has 146 valence electrons. The molecule has 1 saturated carbocycles. The van der Waals surface area contributed by atoms with E-state index in [-0.39, 0.29) is 23.8 Å². The fourth-order valence-electron chi connectivity index (χ4n) is 4.16. The number of nitrogens with zero attached hydrogens (tertiary/aromatic N) is 1. The number of aryl methyl sites for hydroxylation is 1. The van der Waals surface area contributed by atoms with Gasteiger partial charge >= 0.3 is 0 Å². The van der Waals surface area contributed by atoms with E-state index in [1.807, 2.05) is 54.3 Å². The Morgan fingerprint density at radius 1 is 0.929 bits per heavy atom. The molecule has 4 nitrogen and oxygen atoms in total. The van der Waals surface area contributed by atoms with Gasteiger partial charge in [-0.1, -0.05) is 48.5 Å². The zero-order chi connectivity index (χ0) is 19.5. The average Bonchev–Trinajstić information content (AvgIpc) is 3.58. The quantitative estimate of drug-likeness (QED) is 0.854. The summed E-state index contributed by atoms with van der Waals surface area (Å²) in [6.07, 6.45) is 3.83. The summed E-state index contributed by atoms with van der Waals surface area (Å²) in [5.74, 6) is 0.779. The Kier molecular flexibility index (Phi) is 5.47. The summed E-state index contributed by atoms with van der Waals surface area (Å²) < 4.78 is 0. The van der Waals surface area contributed by atoms with Gasteiger partial charge in [0.25, 0.3) is 5.91 Å². The number of nitrogens with one attached hydrogen (secondary N) is 1. The highest BCUT2D eigenvalue weighted by molar-refractivity contribution is 5.95. The van der Waals surface area contributed by atoms with Crippen molar-refractivity contribution in [3.8, 4) is 0 Å². The molecule has 28 heavy (non-hydrogen) atoms. The summed E-state index contributed by atoms with van der Waals surface area (Å²) in [6.45, 7) is 3.25. The van der Waals surface area contributed by atoms with Crippen molar-refractivity contribution in [2.45, 2.75) is 38.6 Å². The molecule has 1 unspecified atom stereocenters. The molecule has 1 aliphatic carbocycles. The molecular formula is C24H28N2O2. The Balaban J connectivity index is 1.35. The molecule has 4 heteroatoms. The van der Waals surface area contributed by atoms with Crippen LogP contribution in [0.25, 0.3) is 0 Å². The number of amides is 2. The molecule has 0 spiro atoms. The molecule has 2 aromatic carbocycles. The summed E-state index contributed by atoms with van der Waals surface area (Å²) in [5, 5.41) is 3.31. The Morgan fingerprint density at radius 2 is 1.57 bits per heavy atom. The predicted molar refractivity (Wildman–Crippen MR) is 110 cm³/mol. The lowest BCUT2D eigenvalue weighted by atomic mass is 9.93. The fraction of sp³-hybridized carbons (Fsp3) is 0.417. The van der Waals surface area contributed by atoms with Crippen molar-refractivity contribution in [2.75, 3.05) is 13.1 Å². The minimum Gasteiger partial charge on any atom is -0.349 e. The largest absolute Gasteiger partial charge is 0.349 e. The van der Waals surface area contributed by atoms with Crippen LogP contribution in [0.5, 0.6) is 0 Å². The molecule has 1 aliphatic heterocycles. The molecule has 0 radical (unpaired) electrons. The van der Waals surface area contributed by atoms with Crippen LogP contribution in [0.3, 0.4) is 0 Å². The number of benzene rings is 2. The monoisotopic (exact) mass is 376 g/mol. The summed E-state index contributed by atoms with van der Waals surface area (Å²) in [4.78, 5) is 27.6. The highest BCUT2D eigenvalue weighted by Crippen LogP contribution is 2.41. The van der Waals surface area contributed by atoms with Crippen molar-refractivity contribution >= 4 is 11.8 Å². The van der Waals surface area contributed by atoms with Crippen LogP contribution in [0, 0.1) is 18.8 Å². The molecular weight excluding hydrogens is 348 g/mol. The van der Waals surface area contributed by atoms with Crippen LogP contribution in [-0.4, -0.2) is 29.8 Å². The summed E-state index contributed by atoms with van der Waals surface area (Å²) in [6, 6.07) is 18.1. The van der Waals surface area contributed by atoms with Gasteiger partial charge in [-0.2, -0.15) is 0 Å². The molecule has 0 bridgehead atoms. The maximum atomic E-state index is 12.9. The third kappa shape index (κ3) is 4.11. The minimum atomic E-state index is -0.00844. The molecule has 4 rings (SSSR count). The Hall–Kier alpha value is -2.62. The van der Waals surface area contributed by atoms with Crippen molar-refractivity contribution in [3.63, 3.8) is 0 Å². The fourth-order valence-corrected chi connectivity index (χ4v) is 4.16. The lowest BCUT2D eigenvalue weighted by molar-refractivity contribution is -0.127. The lowest BCUT2D eigenvalue weighted by Crippen LogP contribution is -2.44. The number of piperidine rings is 1. The van der Waals surface area contributed by atoms with Gasteiger partial charge in [0.2, 0.25) is 5.91 Å². The highest BCUT2D eigenvalue weighted by Gasteiger charge is 2.35. The minimum absolute atomic E-state index is 0.00844. The topological polar surface area (TPSA) is 49.4 Å². The van der Waals surface area contributed by atoms with Crippen molar-refractivity contribution in [3.05, 3.63) is 71.3 Å². The molecule has 2 aromatic rings. The molecule has 0 aromatic heterocycles. The second-order valence-corrected chi connectivity index (χ2v) is 8.12. The highest BCUT2D eigenvalue weighted by atomic mass is 16.2. The maximum Gasteiger partial charge on any atom is 0.254 e. The van der Waals surface area contributed by atoms with E-state index in [1.54, 1.807) is 0 Å². The third-order valence-corrected chi connectivity index (χ3v) is 6.08. The zero-order valence-corrected chi connectivity index (χ0v) is 16.4. The van der Waals surface area contributed by atoms with Gasteiger partial charge in [-0.25, -0.2) is 0 Å². The molecule has 2 fully saturated rings. The lowest BCUT2D eigenvalue weighted by Gasteiger charge is -2.32. The van der Waals surface area contributed by atoms with Crippen molar-refractivity contribution < 1.29 is 9.59 Å². The number of carbonyl (C=O) groups excluding carboxylic acids is 2. The Bertz CT molecular complexity index is 837. The number of hydrogen-bond donors (Lipinski definition) is 1. The van der Waals surface area contributed by atoms with E-state index in [4.69, 9.17) is 0 Å². The molecule has 1 heterocycles. The van der Waals surface area contributed by atoms with E-state index in [0.717, 1.165) is 24.0 Å². The number of rotatable bonds is 5. The van der Waals surface area contributed by atoms with Crippen LogP contribution >= 0.6 is 0 Å². The zero-order valence-electron chi connectivity index (χ0n) is 16.4. The first-order valence-corrected chi connectivity index (χ1v) is 10.3. The first-order chi connectivity index (χ1) is 13.6. The predicted octanol–water partition coefficient (Wildman–Crippen LogP) is 4.11. The second-order valence-electron chi connectivity index (χ2n) is 8.12. The van der Waals surface area contributed by atoms with Crippen LogP contribution in [0.4, 0.5) is 0 Å². The van der Waals surface area contributed by atoms with Crippen molar-refractivity contribution in [2.24, 2.45) is 11.8 Å². The van der Waals surface area contributed by atoms with Gasteiger partial charge in [0.1, 0.15) is 0 Å². The Morgan fingerprint density at radius 3 is 2.21 bits per heavy atom. The number of likely N-dealkylation sites (tertiary alicyclic amines) is 1. The van der Waals surface area contributed by atoms with Gasteiger partial charge in [0.15, 0.2) is 0 Å². The van der Waals surface area contributed by atoms with E-state index >= 15 is 0 Å². The number of carbonyl (C=O) groups is 2. The summed E-state index contributed by atoms with van der Waals surface area (Å²) in [7, 11) is 0. The molecule has 2 aliphatic rings. The second kappa shape index (κ2) is 8.17. The number of hydrogen-bond acceptors (Lipinski definition) is 2. The van der Waals surface area contributed by atoms with E-state index in [1.165, 1.54) is 18.4 Å². The SMILES string of the molecule is Cc1ccccc1C(=O)N1CCC(C(=O)NC(c2ccccc2)C2CC2)CC1. The van der Waals surface area contributed by atoms with Crippen molar-refractivity contribution in [1.82, 2.24) is 10.2 Å². The van der Waals surface area contributed by atoms with E-state index in [2.05, 4.69) is 17.4 Å². The van der Waals surface area contributed by atoms with Gasteiger partial charge in [0.05, 0.1) is 6.04 Å². The summed E-state index contributed by atoms with van der Waals surface area (Å²) >= 11 is 0. The van der Waals surface area contributed by atoms with Crippen LogP contribution in [-0.2, 0) is 4.79 Å². The van der Waals surface area contributed by atoms with Crippen LogP contribution in [0.2, 0.25) is 0 Å². The van der Waals surface area contributed by atoms with Gasteiger partial charge in [0, 0.05) is 24.6 Å². The molecule has 1 atom stereocenters. The summed E-state index contributed by atoms with van der Waals surface area (Å²) in [5.41, 5.74) is 2.97. The van der Waals surface area contributed by atoms with Crippen LogP contribution in [0.15, 0.2) is 54.6 Å². The van der Waals surface area contributed by atoms with E-state index in [9.17, 15) is 9.59 Å². The van der Waals surface area contributed by atoms with Gasteiger partial charge in [-0.3, -0.25) is 9.59 Å². The van der Waals surface area contributed by atoms with E-state index < -0.39 is 0 Å². The first-order valence-electron chi connectivity index (χ1n) is 10.3. The smallest absolute Gasteiger partial charge is 0.254 e. The van der Waals surface area contributed by atoms with Gasteiger partial charge in [-0.05, 0) is 55.7 Å². The maximum absolute atomic E-state index is 12.9. The molecule has 2 amide bonds. The standard InChI is InChI=1S/C24H28N2O2/c1-17-7-5-6-10-21(17)24(28)26-15-13-20(14-16-26)23(27)25-22(19-11-12-19)18-8-3-2-4-9-18/h2-10,19-20,22H,11-16H2,1H3,(H,25,27). The van der Waals surface area contributed by atoms with Crippen LogP contribution < -0.4 is 5.32 Å². The van der Waals surface area contributed by atoms with E-state index in [0.29, 0.717) is 19.0 Å². The normalized spacial score (nSPS) is 18.5. The van der Waals surface area contributed by atoms with Gasteiger partial charge < -0.3 is 10.2 Å². The average molecular weight is 377 g/mol. The van der Waals surface area contributed by atoms with Crippen molar-refractivity contribution in [1.29, 1.82) is 0 Å². The van der Waals surface area contributed by atoms with Crippen LogP contribution in [0.1, 0.15) is 53.2 Å². The third-order valence-electron chi connectivity index (χ3n) is 6.08. The molecule has 1 saturated heterocycles.